The molecule has 8 atom stereocenters. The first-order valence-corrected chi connectivity index (χ1v) is 26.6. The number of ether oxygens (including phenoxy) is 6. The van der Waals surface area contributed by atoms with Gasteiger partial charge in [-0.15, -0.1) is 20.4 Å². The zero-order chi connectivity index (χ0) is 52.1. The second-order valence-electron chi connectivity index (χ2n) is 17.9. The van der Waals surface area contributed by atoms with Gasteiger partial charge in [-0.25, -0.2) is 36.8 Å². The second-order valence-corrected chi connectivity index (χ2v) is 22.0. The predicted molar refractivity (Wildman–Crippen MR) is 269 cm³/mol. The van der Waals surface area contributed by atoms with Gasteiger partial charge in [-0.2, -0.15) is 0 Å². The fraction of sp³-hybridized carbons (Fsp3) is 0.500. The second kappa shape index (κ2) is 22.5. The molecule has 2 aliphatic rings. The van der Waals surface area contributed by atoms with Crippen LogP contribution in [-0.2, 0) is 29.5 Å². The zero-order valence-corrected chi connectivity index (χ0v) is 44.2. The van der Waals surface area contributed by atoms with Crippen LogP contribution in [0.1, 0.15) is 112 Å². The standard InChI is InChI=1S/2C24H32N6O5S/c2*1-14-12-25-22(26-13-14)15(2)17(4)36(31,32)29-24-28-27-23(18-10-11-35-16(18)3)30(24)21-19(33-5)8-7-9-20(21)34-6/h2*7-9,12-13,15-18H,10-11H2,1-6H3,(H,28,29)/t15-,16+,17-,18+;15-,16-,17-,18-/m00/s1. The van der Waals surface area contributed by atoms with Gasteiger partial charge in [0.1, 0.15) is 57.7 Å². The third-order valence-electron chi connectivity index (χ3n) is 13.3. The first-order valence-electron chi connectivity index (χ1n) is 23.5. The Hall–Kier alpha value is -6.50. The minimum atomic E-state index is -3.93. The lowest BCUT2D eigenvalue weighted by Gasteiger charge is -2.22. The van der Waals surface area contributed by atoms with E-state index >= 15 is 0 Å². The quantitative estimate of drug-likeness (QED) is 0.0941. The van der Waals surface area contributed by atoms with Crippen molar-refractivity contribution >= 4 is 31.9 Å². The normalized spacial score (nSPS) is 19.6. The highest BCUT2D eigenvalue weighted by Gasteiger charge is 2.38. The number of aryl methyl sites for hydroxylation is 2. The van der Waals surface area contributed by atoms with E-state index in [1.165, 1.54) is 0 Å². The molecule has 4 aromatic heterocycles. The summed E-state index contributed by atoms with van der Waals surface area (Å²) in [5.41, 5.74) is 2.80. The Kier molecular flexibility index (Phi) is 16.7. The molecule has 72 heavy (non-hydrogen) atoms. The minimum absolute atomic E-state index is 0.0378. The maximum atomic E-state index is 13.5. The van der Waals surface area contributed by atoms with Crippen LogP contribution >= 0.6 is 0 Å². The Morgan fingerprint density at radius 1 is 0.556 bits per heavy atom. The molecule has 0 unspecified atom stereocenters. The number of anilines is 2. The molecule has 0 amide bonds. The Morgan fingerprint density at radius 3 is 1.15 bits per heavy atom. The number of benzene rings is 2. The summed E-state index contributed by atoms with van der Waals surface area (Å²) in [5.74, 6) is 2.89. The van der Waals surface area contributed by atoms with E-state index in [0.29, 0.717) is 70.9 Å². The lowest BCUT2D eigenvalue weighted by molar-refractivity contribution is 0.117. The van der Waals surface area contributed by atoms with Crippen LogP contribution in [0, 0.1) is 13.8 Å². The molecule has 388 valence electrons. The maximum Gasteiger partial charge on any atom is 0.243 e. The molecule has 0 bridgehead atoms. The topological polar surface area (TPSA) is 261 Å². The van der Waals surface area contributed by atoms with E-state index in [-0.39, 0.29) is 35.9 Å². The summed E-state index contributed by atoms with van der Waals surface area (Å²) in [7, 11) is -1.70. The lowest BCUT2D eigenvalue weighted by Crippen LogP contribution is -2.31. The van der Waals surface area contributed by atoms with E-state index in [9.17, 15) is 16.8 Å². The van der Waals surface area contributed by atoms with Crippen LogP contribution in [0.15, 0.2) is 61.2 Å². The summed E-state index contributed by atoms with van der Waals surface area (Å²) in [4.78, 5) is 17.2. The fourth-order valence-electron chi connectivity index (χ4n) is 8.56. The van der Waals surface area contributed by atoms with Crippen molar-refractivity contribution in [2.45, 2.75) is 115 Å². The van der Waals surface area contributed by atoms with E-state index < -0.39 is 42.4 Å². The van der Waals surface area contributed by atoms with Gasteiger partial charge in [0.15, 0.2) is 0 Å². The SMILES string of the molecule is COc1cccc(OC)c1-n1c(NS(=O)(=O)[C@@H](C)[C@H](C)c2ncc(C)cn2)nnc1[C@@H]1CCO[C@@H]1C.COc1cccc(OC)c1-n1c(NS(=O)(=O)[C@@H](C)[C@H](C)c2ncc(C)cn2)nnc1[C@H]1CCO[C@H]1C. The van der Waals surface area contributed by atoms with E-state index in [1.807, 2.05) is 27.7 Å². The average molecular weight is 1030 g/mol. The van der Waals surface area contributed by atoms with Gasteiger partial charge in [-0.3, -0.25) is 18.6 Å². The van der Waals surface area contributed by atoms with Crippen LogP contribution in [0.4, 0.5) is 11.9 Å². The third-order valence-corrected chi connectivity index (χ3v) is 17.0. The Bertz CT molecular complexity index is 2780. The molecule has 8 rings (SSSR count). The minimum Gasteiger partial charge on any atom is -0.494 e. The molecule has 6 heterocycles. The summed E-state index contributed by atoms with van der Waals surface area (Å²) in [6.07, 6.45) is 7.91. The van der Waals surface area contributed by atoms with Crippen molar-refractivity contribution in [3.05, 3.63) is 95.6 Å². The molecule has 2 aromatic carbocycles. The van der Waals surface area contributed by atoms with Gasteiger partial charge in [0, 0.05) is 61.7 Å². The highest BCUT2D eigenvalue weighted by atomic mass is 32.2. The molecule has 6 aromatic rings. The van der Waals surface area contributed by atoms with Gasteiger partial charge < -0.3 is 28.4 Å². The van der Waals surface area contributed by atoms with E-state index in [4.69, 9.17) is 28.4 Å². The van der Waals surface area contributed by atoms with Crippen LogP contribution in [0.3, 0.4) is 0 Å². The van der Waals surface area contributed by atoms with Gasteiger partial charge >= 0.3 is 0 Å². The largest absolute Gasteiger partial charge is 0.494 e. The van der Waals surface area contributed by atoms with E-state index in [2.05, 4.69) is 49.8 Å². The van der Waals surface area contributed by atoms with Crippen molar-refractivity contribution in [1.29, 1.82) is 0 Å². The molecule has 0 radical (unpaired) electrons. The van der Waals surface area contributed by atoms with Crippen LogP contribution in [0.5, 0.6) is 23.0 Å². The van der Waals surface area contributed by atoms with Gasteiger partial charge in [0.25, 0.3) is 0 Å². The van der Waals surface area contributed by atoms with E-state index in [0.717, 1.165) is 24.0 Å². The van der Waals surface area contributed by atoms with Crippen molar-refractivity contribution in [3.63, 3.8) is 0 Å². The number of hydrogen-bond donors (Lipinski definition) is 2. The molecule has 2 fully saturated rings. The maximum absolute atomic E-state index is 13.5. The summed E-state index contributed by atoms with van der Waals surface area (Å²) in [6, 6.07) is 10.7. The van der Waals surface area contributed by atoms with Crippen molar-refractivity contribution < 1.29 is 45.3 Å². The summed E-state index contributed by atoms with van der Waals surface area (Å²) < 4.78 is 96.8. The number of methoxy groups -OCH3 is 4. The number of rotatable bonds is 18. The number of nitrogens with zero attached hydrogens (tertiary/aromatic N) is 10. The molecule has 0 saturated carbocycles. The van der Waals surface area contributed by atoms with Crippen LogP contribution < -0.4 is 28.4 Å². The molecule has 22 nitrogen and oxygen atoms in total. The summed E-state index contributed by atoms with van der Waals surface area (Å²) >= 11 is 0. The molecule has 2 N–H and O–H groups in total. The van der Waals surface area contributed by atoms with Crippen molar-refractivity contribution in [3.8, 4) is 34.4 Å². The van der Waals surface area contributed by atoms with Crippen LogP contribution in [0.25, 0.3) is 11.4 Å². The number of sulfonamides is 2. The molecule has 24 heteroatoms. The van der Waals surface area contributed by atoms with Gasteiger partial charge in [0.2, 0.25) is 31.9 Å². The van der Waals surface area contributed by atoms with Crippen molar-refractivity contribution in [1.82, 2.24) is 49.5 Å². The highest BCUT2D eigenvalue weighted by Crippen LogP contribution is 2.42. The van der Waals surface area contributed by atoms with Crippen molar-refractivity contribution in [2.24, 2.45) is 0 Å². The monoisotopic (exact) mass is 1030 g/mol. The first-order chi connectivity index (χ1) is 34.3. The Morgan fingerprint density at radius 2 is 0.875 bits per heavy atom. The van der Waals surface area contributed by atoms with Crippen LogP contribution in [0.2, 0.25) is 0 Å². The molecule has 2 aliphatic heterocycles. The van der Waals surface area contributed by atoms with Gasteiger partial charge in [-0.1, -0.05) is 26.0 Å². The molecular formula is C48H64N12O10S2. The highest BCUT2D eigenvalue weighted by molar-refractivity contribution is 7.93. The summed E-state index contributed by atoms with van der Waals surface area (Å²) in [6.45, 7) is 15.6. The average Bonchev–Trinajstić information content (AvgIpc) is 4.19. The molecular weight excluding hydrogens is 969 g/mol. The lowest BCUT2D eigenvalue weighted by atomic mass is 10.0. The third kappa shape index (κ3) is 11.1. The van der Waals surface area contributed by atoms with Gasteiger partial charge in [0.05, 0.1) is 51.1 Å². The van der Waals surface area contributed by atoms with Gasteiger partial charge in [-0.05, 0) is 89.8 Å². The summed E-state index contributed by atoms with van der Waals surface area (Å²) in [5, 5.41) is 15.6. The number of aromatic nitrogens is 10. The Balaban J connectivity index is 0.000000211. The number of hydrogen-bond acceptors (Lipinski definition) is 18. The van der Waals surface area contributed by atoms with Crippen molar-refractivity contribution in [2.75, 3.05) is 51.1 Å². The molecule has 0 aliphatic carbocycles. The number of nitrogens with one attached hydrogen (secondary N) is 2. The molecule has 0 spiro atoms. The fourth-order valence-corrected chi connectivity index (χ4v) is 11.0. The number of para-hydroxylation sites is 2. The first kappa shape index (κ1) is 53.3. The molecule has 2 saturated heterocycles. The Labute approximate surface area is 420 Å². The van der Waals surface area contributed by atoms with E-state index in [1.54, 1.807) is 126 Å². The van der Waals surface area contributed by atoms with Crippen LogP contribution in [-0.4, -0.2) is 131 Å². The smallest absolute Gasteiger partial charge is 0.243 e. The predicted octanol–water partition coefficient (Wildman–Crippen LogP) is 6.42. The zero-order valence-electron chi connectivity index (χ0n) is 42.6.